The van der Waals surface area contributed by atoms with Gasteiger partial charge in [-0.05, 0) is 62.2 Å². The Morgan fingerprint density at radius 2 is 1.94 bits per heavy atom. The third-order valence-corrected chi connectivity index (χ3v) is 7.23. The van der Waals surface area contributed by atoms with Gasteiger partial charge in [0.1, 0.15) is 0 Å². The summed E-state index contributed by atoms with van der Waals surface area (Å²) >= 11 is 7.38. The Morgan fingerprint density at radius 1 is 1.19 bits per heavy atom. The van der Waals surface area contributed by atoms with Crippen molar-refractivity contribution in [2.75, 3.05) is 43.0 Å². The molecule has 1 fully saturated rings. The van der Waals surface area contributed by atoms with Gasteiger partial charge in [0.2, 0.25) is 0 Å². The van der Waals surface area contributed by atoms with Crippen molar-refractivity contribution in [3.63, 3.8) is 0 Å². The second-order valence-corrected chi connectivity index (χ2v) is 9.93. The lowest BCUT2D eigenvalue weighted by Gasteiger charge is -2.32. The van der Waals surface area contributed by atoms with Crippen molar-refractivity contribution in [1.82, 2.24) is 9.88 Å². The molecule has 1 aromatic heterocycles. The zero-order valence-electron chi connectivity index (χ0n) is 19.3. The minimum atomic E-state index is -4.51. The number of carbonyl (C=O) groups is 1. The number of carbonyl (C=O) groups excluding carboxylic acids is 1. The molecule has 4 rings (SSSR count). The molecular formula is C25H26ClF3N4O2S. The summed E-state index contributed by atoms with van der Waals surface area (Å²) in [7, 11) is 0. The normalized spacial score (nSPS) is 15.1. The number of alkyl halides is 3. The van der Waals surface area contributed by atoms with Gasteiger partial charge in [-0.1, -0.05) is 29.8 Å². The van der Waals surface area contributed by atoms with Gasteiger partial charge in [-0.2, -0.15) is 13.2 Å². The summed E-state index contributed by atoms with van der Waals surface area (Å²) in [5.74, 6) is 0.292. The predicted molar refractivity (Wildman–Crippen MR) is 137 cm³/mol. The maximum atomic E-state index is 13.3. The van der Waals surface area contributed by atoms with Gasteiger partial charge in [0.05, 0.1) is 11.3 Å². The maximum Gasteiger partial charge on any atom is 0.416 e. The lowest BCUT2D eigenvalue weighted by Crippen LogP contribution is -2.43. The van der Waals surface area contributed by atoms with Crippen LogP contribution in [0.5, 0.6) is 0 Å². The van der Waals surface area contributed by atoms with Crippen LogP contribution in [0.25, 0.3) is 11.3 Å². The Kier molecular flexibility index (Phi) is 8.50. The highest BCUT2D eigenvalue weighted by molar-refractivity contribution is 7.14. The summed E-state index contributed by atoms with van der Waals surface area (Å²) in [5, 5.41) is 14.8. The molecule has 6 nitrogen and oxygen atoms in total. The van der Waals surface area contributed by atoms with Crippen LogP contribution in [0.15, 0.2) is 53.9 Å². The van der Waals surface area contributed by atoms with Gasteiger partial charge in [0.15, 0.2) is 5.13 Å². The van der Waals surface area contributed by atoms with Gasteiger partial charge >= 0.3 is 12.2 Å². The molecule has 11 heteroatoms. The smallest absolute Gasteiger partial charge is 0.396 e. The third kappa shape index (κ3) is 6.76. The van der Waals surface area contributed by atoms with Gasteiger partial charge in [0, 0.05) is 41.3 Å². The van der Waals surface area contributed by atoms with Crippen molar-refractivity contribution >= 4 is 39.8 Å². The summed E-state index contributed by atoms with van der Waals surface area (Å²) in [4.78, 5) is 21.6. The first-order valence-corrected chi connectivity index (χ1v) is 12.8. The van der Waals surface area contributed by atoms with E-state index in [9.17, 15) is 23.1 Å². The van der Waals surface area contributed by atoms with Crippen molar-refractivity contribution < 1.29 is 23.1 Å². The van der Waals surface area contributed by atoms with E-state index in [0.29, 0.717) is 34.9 Å². The quantitative estimate of drug-likeness (QED) is 0.374. The minimum Gasteiger partial charge on any atom is -0.396 e. The van der Waals surface area contributed by atoms with Crippen LogP contribution in [0.2, 0.25) is 5.02 Å². The average molecular weight is 539 g/mol. The highest BCUT2D eigenvalue weighted by Gasteiger charge is 2.31. The number of aromatic nitrogens is 1. The molecule has 192 valence electrons. The number of benzene rings is 2. The van der Waals surface area contributed by atoms with Crippen molar-refractivity contribution in [2.45, 2.75) is 19.0 Å². The topological polar surface area (TPSA) is 68.7 Å². The first-order chi connectivity index (χ1) is 17.2. The molecule has 0 bridgehead atoms. The number of hydrogen-bond donors (Lipinski definition) is 2. The van der Waals surface area contributed by atoms with Crippen molar-refractivity contribution in [2.24, 2.45) is 5.92 Å². The average Bonchev–Trinajstić information content (AvgIpc) is 3.34. The minimum absolute atomic E-state index is 0.0511. The number of hydrogen-bond acceptors (Lipinski definition) is 5. The molecule has 2 amide bonds. The van der Waals surface area contributed by atoms with E-state index in [1.165, 1.54) is 28.4 Å². The molecule has 1 aliphatic heterocycles. The number of piperidine rings is 1. The summed E-state index contributed by atoms with van der Waals surface area (Å²) in [6, 6.07) is 11.2. The van der Waals surface area contributed by atoms with E-state index < -0.39 is 17.8 Å². The molecule has 0 unspecified atom stereocenters. The molecular weight excluding hydrogens is 513 g/mol. The molecule has 1 saturated heterocycles. The molecule has 0 atom stereocenters. The van der Waals surface area contributed by atoms with Gasteiger partial charge in [-0.15, -0.1) is 11.3 Å². The molecule has 1 aliphatic rings. The third-order valence-electron chi connectivity index (χ3n) is 6.13. The van der Waals surface area contributed by atoms with Crippen molar-refractivity contribution in [3.05, 3.63) is 64.5 Å². The number of halogens is 4. The zero-order chi connectivity index (χ0) is 25.7. The number of nitrogens with zero attached hydrogens (tertiary/aromatic N) is 3. The van der Waals surface area contributed by atoms with E-state index in [1.807, 2.05) is 17.5 Å². The second-order valence-electron chi connectivity index (χ2n) is 8.65. The van der Waals surface area contributed by atoms with Gasteiger partial charge in [0.25, 0.3) is 0 Å². The van der Waals surface area contributed by atoms with Crippen LogP contribution in [0, 0.1) is 5.92 Å². The van der Waals surface area contributed by atoms with Gasteiger partial charge in [-0.3, -0.25) is 4.90 Å². The Morgan fingerprint density at radius 3 is 2.64 bits per heavy atom. The van der Waals surface area contributed by atoms with E-state index in [1.54, 1.807) is 12.1 Å². The summed E-state index contributed by atoms with van der Waals surface area (Å²) in [5.41, 5.74) is 0.666. The molecule has 2 N–H and O–H groups in total. The summed E-state index contributed by atoms with van der Waals surface area (Å²) < 4.78 is 39.4. The van der Waals surface area contributed by atoms with Gasteiger partial charge < -0.3 is 15.3 Å². The van der Waals surface area contributed by atoms with Gasteiger partial charge in [-0.25, -0.2) is 9.78 Å². The Balaban J connectivity index is 1.53. The van der Waals surface area contributed by atoms with Crippen LogP contribution in [-0.4, -0.2) is 53.8 Å². The van der Waals surface area contributed by atoms with Crippen LogP contribution in [0.3, 0.4) is 0 Å². The Labute approximate surface area is 216 Å². The lowest BCUT2D eigenvalue weighted by atomic mass is 9.98. The van der Waals surface area contributed by atoms with E-state index in [4.69, 9.17) is 11.6 Å². The fraction of sp³-hybridized carbons (Fsp3) is 0.360. The number of nitrogens with one attached hydrogen (secondary N) is 1. The highest BCUT2D eigenvalue weighted by atomic mass is 35.5. The first kappa shape index (κ1) is 26.4. The van der Waals surface area contributed by atoms with Crippen molar-refractivity contribution in [1.29, 1.82) is 0 Å². The fourth-order valence-corrected chi connectivity index (χ4v) is 5.10. The SMILES string of the molecule is O=C(Nc1cccc(C(F)(F)F)c1)N(CCN1CCC(CO)CC1)c1nc(-c2cccc(Cl)c2)cs1. The maximum absolute atomic E-state index is 13.3. The molecule has 0 radical (unpaired) electrons. The number of thiazole rings is 1. The second kappa shape index (κ2) is 11.6. The predicted octanol–water partition coefficient (Wildman–Crippen LogP) is 6.23. The first-order valence-electron chi connectivity index (χ1n) is 11.5. The molecule has 0 saturated carbocycles. The Hall–Kier alpha value is -2.66. The molecule has 36 heavy (non-hydrogen) atoms. The molecule has 0 spiro atoms. The summed E-state index contributed by atoms with van der Waals surface area (Å²) in [6.45, 7) is 2.65. The van der Waals surface area contributed by atoms with E-state index in [-0.39, 0.29) is 12.3 Å². The van der Waals surface area contributed by atoms with E-state index in [0.717, 1.165) is 43.6 Å². The fourth-order valence-electron chi connectivity index (χ4n) is 4.05. The number of anilines is 2. The van der Waals surface area contributed by atoms with Crippen LogP contribution in [-0.2, 0) is 6.18 Å². The number of likely N-dealkylation sites (tertiary alicyclic amines) is 1. The zero-order valence-corrected chi connectivity index (χ0v) is 20.9. The molecule has 3 aromatic rings. The largest absolute Gasteiger partial charge is 0.416 e. The van der Waals surface area contributed by atoms with E-state index in [2.05, 4.69) is 15.2 Å². The number of rotatable bonds is 7. The number of aliphatic hydroxyl groups excluding tert-OH is 1. The highest BCUT2D eigenvalue weighted by Crippen LogP contribution is 2.32. The van der Waals surface area contributed by atoms with E-state index >= 15 is 0 Å². The van der Waals surface area contributed by atoms with Crippen LogP contribution in [0.4, 0.5) is 28.8 Å². The molecule has 2 aromatic carbocycles. The van der Waals surface area contributed by atoms with Crippen LogP contribution in [0.1, 0.15) is 18.4 Å². The van der Waals surface area contributed by atoms with Crippen molar-refractivity contribution in [3.8, 4) is 11.3 Å². The van der Waals surface area contributed by atoms with Crippen LogP contribution < -0.4 is 10.2 Å². The number of amides is 2. The Bertz CT molecular complexity index is 1180. The monoisotopic (exact) mass is 538 g/mol. The molecule has 2 heterocycles. The number of aliphatic hydroxyl groups is 1. The lowest BCUT2D eigenvalue weighted by molar-refractivity contribution is -0.137. The van der Waals surface area contributed by atoms with Crippen LogP contribution >= 0.6 is 22.9 Å². The standard InChI is InChI=1S/C25H26ClF3N4O2S/c26-20-5-1-3-18(13-20)22-16-36-24(31-22)33(12-11-32-9-7-17(15-34)8-10-32)23(35)30-21-6-2-4-19(14-21)25(27,28)29/h1-6,13-14,16-17,34H,7-12,15H2,(H,30,35). The molecule has 0 aliphatic carbocycles. The number of urea groups is 1. The summed E-state index contributed by atoms with van der Waals surface area (Å²) in [6.07, 6.45) is -2.76.